The highest BCUT2D eigenvalue weighted by Gasteiger charge is 2.21. The van der Waals surface area contributed by atoms with Crippen LogP contribution < -0.4 is 5.32 Å². The molecule has 2 aromatic carbocycles. The van der Waals surface area contributed by atoms with Crippen molar-refractivity contribution >= 4 is 28.8 Å². The Hall–Kier alpha value is -2.60. The standard InChI is InChI=1S/C19H19NO4S/c21-17(22)12-20-18(23)16(11-14-7-3-1-4-8-14)13-25-19(24)15-9-5-2-6-10-15/h1-10,16H,11-13H2,(H,20,23)(H,21,22)/t16-/m0/s1. The second-order valence-electron chi connectivity index (χ2n) is 5.46. The van der Waals surface area contributed by atoms with Crippen molar-refractivity contribution in [2.75, 3.05) is 12.3 Å². The molecule has 0 unspecified atom stereocenters. The summed E-state index contributed by atoms with van der Waals surface area (Å²) in [6.07, 6.45) is 0.446. The lowest BCUT2D eigenvalue weighted by Crippen LogP contribution is -2.36. The molecule has 0 heterocycles. The van der Waals surface area contributed by atoms with Crippen LogP contribution >= 0.6 is 11.8 Å². The molecule has 0 aliphatic heterocycles. The van der Waals surface area contributed by atoms with Crippen LogP contribution in [0.2, 0.25) is 0 Å². The highest BCUT2D eigenvalue weighted by atomic mass is 32.2. The van der Waals surface area contributed by atoms with E-state index in [1.54, 1.807) is 24.3 Å². The van der Waals surface area contributed by atoms with E-state index in [0.29, 0.717) is 12.0 Å². The first-order valence-corrected chi connectivity index (χ1v) is 8.80. The van der Waals surface area contributed by atoms with Crippen molar-refractivity contribution in [3.63, 3.8) is 0 Å². The molecule has 0 saturated heterocycles. The zero-order valence-corrected chi connectivity index (χ0v) is 14.4. The van der Waals surface area contributed by atoms with Gasteiger partial charge in [-0.3, -0.25) is 14.4 Å². The summed E-state index contributed by atoms with van der Waals surface area (Å²) in [6, 6.07) is 18.3. The van der Waals surface area contributed by atoms with Crippen molar-refractivity contribution in [3.05, 3.63) is 71.8 Å². The van der Waals surface area contributed by atoms with Gasteiger partial charge in [0.1, 0.15) is 6.54 Å². The summed E-state index contributed by atoms with van der Waals surface area (Å²) in [5, 5.41) is 11.0. The number of carbonyl (C=O) groups is 3. The van der Waals surface area contributed by atoms with Crippen LogP contribution in [0.3, 0.4) is 0 Å². The fourth-order valence-corrected chi connectivity index (χ4v) is 3.19. The Morgan fingerprint density at radius 3 is 2.16 bits per heavy atom. The molecule has 2 aromatic rings. The normalized spacial score (nSPS) is 11.5. The second-order valence-corrected chi connectivity index (χ2v) is 6.46. The summed E-state index contributed by atoms with van der Waals surface area (Å²) in [5.41, 5.74) is 1.54. The van der Waals surface area contributed by atoms with Crippen LogP contribution in [0.25, 0.3) is 0 Å². The maximum absolute atomic E-state index is 12.3. The molecule has 6 heteroatoms. The summed E-state index contributed by atoms with van der Waals surface area (Å²) in [4.78, 5) is 35.2. The van der Waals surface area contributed by atoms with E-state index in [0.717, 1.165) is 17.3 Å². The summed E-state index contributed by atoms with van der Waals surface area (Å²) in [7, 11) is 0. The molecule has 0 aliphatic rings. The summed E-state index contributed by atoms with van der Waals surface area (Å²) >= 11 is 1.07. The lowest BCUT2D eigenvalue weighted by atomic mass is 10.0. The summed E-state index contributed by atoms with van der Waals surface area (Å²) < 4.78 is 0. The number of aliphatic carboxylic acids is 1. The first-order chi connectivity index (χ1) is 12.1. The quantitative estimate of drug-likeness (QED) is 0.759. The van der Waals surface area contributed by atoms with Crippen molar-refractivity contribution < 1.29 is 19.5 Å². The first-order valence-electron chi connectivity index (χ1n) is 7.82. The van der Waals surface area contributed by atoms with E-state index in [1.165, 1.54) is 0 Å². The van der Waals surface area contributed by atoms with Crippen LogP contribution in [0.5, 0.6) is 0 Å². The predicted molar refractivity (Wildman–Crippen MR) is 97.5 cm³/mol. The molecule has 2 rings (SSSR count). The molecule has 0 aromatic heterocycles. The number of hydrogen-bond donors (Lipinski definition) is 2. The molecular formula is C19H19NO4S. The first kappa shape index (κ1) is 18.7. The van der Waals surface area contributed by atoms with Crippen molar-refractivity contribution in [2.45, 2.75) is 6.42 Å². The van der Waals surface area contributed by atoms with E-state index in [1.807, 2.05) is 36.4 Å². The third-order valence-corrected chi connectivity index (χ3v) is 4.60. The smallest absolute Gasteiger partial charge is 0.322 e. The van der Waals surface area contributed by atoms with Crippen molar-refractivity contribution in [3.8, 4) is 0 Å². The Labute approximate surface area is 150 Å². The molecule has 0 spiro atoms. The van der Waals surface area contributed by atoms with Crippen molar-refractivity contribution in [2.24, 2.45) is 5.92 Å². The van der Waals surface area contributed by atoms with Gasteiger partial charge in [-0.25, -0.2) is 0 Å². The van der Waals surface area contributed by atoms with Gasteiger partial charge >= 0.3 is 5.97 Å². The minimum atomic E-state index is -1.10. The average Bonchev–Trinajstić information content (AvgIpc) is 2.64. The van der Waals surface area contributed by atoms with Gasteiger partial charge in [0.25, 0.3) is 0 Å². The molecule has 130 valence electrons. The number of carboxylic acid groups (broad SMARTS) is 1. The lowest BCUT2D eigenvalue weighted by Gasteiger charge is -2.16. The van der Waals surface area contributed by atoms with Gasteiger partial charge in [0.2, 0.25) is 11.0 Å². The topological polar surface area (TPSA) is 83.5 Å². The molecule has 0 saturated carbocycles. The molecule has 0 fully saturated rings. The molecule has 0 bridgehead atoms. The number of amides is 1. The Morgan fingerprint density at radius 2 is 1.56 bits per heavy atom. The summed E-state index contributed by atoms with van der Waals surface area (Å²) in [6.45, 7) is -0.429. The number of nitrogens with one attached hydrogen (secondary N) is 1. The molecule has 25 heavy (non-hydrogen) atoms. The Kier molecular flexibility index (Phi) is 7.22. The highest BCUT2D eigenvalue weighted by molar-refractivity contribution is 8.14. The number of benzene rings is 2. The van der Waals surface area contributed by atoms with Crippen molar-refractivity contribution in [1.82, 2.24) is 5.32 Å². The van der Waals surface area contributed by atoms with Gasteiger partial charge in [-0.1, -0.05) is 72.4 Å². The van der Waals surface area contributed by atoms with E-state index < -0.39 is 18.4 Å². The van der Waals surface area contributed by atoms with Crippen LogP contribution in [-0.2, 0) is 16.0 Å². The Bertz CT molecular complexity index is 719. The third kappa shape index (κ3) is 6.43. The Morgan fingerprint density at radius 1 is 0.960 bits per heavy atom. The fraction of sp³-hybridized carbons (Fsp3) is 0.211. The van der Waals surface area contributed by atoms with Gasteiger partial charge in [0.15, 0.2) is 0 Å². The van der Waals surface area contributed by atoms with Crippen LogP contribution in [0.15, 0.2) is 60.7 Å². The molecule has 5 nitrogen and oxygen atoms in total. The maximum atomic E-state index is 12.3. The number of carboxylic acids is 1. The SMILES string of the molecule is O=C(O)CNC(=O)[C@H](CSC(=O)c1ccccc1)Cc1ccccc1. The second kappa shape index (κ2) is 9.64. The molecule has 0 radical (unpaired) electrons. The number of rotatable bonds is 8. The molecule has 2 N–H and O–H groups in total. The van der Waals surface area contributed by atoms with Gasteiger partial charge in [-0.05, 0) is 12.0 Å². The zero-order valence-electron chi connectivity index (χ0n) is 13.6. The number of carbonyl (C=O) groups excluding carboxylic acids is 2. The monoisotopic (exact) mass is 357 g/mol. The van der Waals surface area contributed by atoms with Crippen LogP contribution in [-0.4, -0.2) is 34.4 Å². The highest BCUT2D eigenvalue weighted by Crippen LogP contribution is 2.19. The number of thioether (sulfide) groups is 1. The van der Waals surface area contributed by atoms with Crippen LogP contribution in [0, 0.1) is 5.92 Å². The van der Waals surface area contributed by atoms with E-state index in [9.17, 15) is 14.4 Å². The van der Waals surface area contributed by atoms with Crippen LogP contribution in [0.1, 0.15) is 15.9 Å². The molecule has 1 amide bonds. The third-order valence-electron chi connectivity index (χ3n) is 3.53. The minimum absolute atomic E-state index is 0.107. The van der Waals surface area contributed by atoms with E-state index in [2.05, 4.69) is 5.32 Å². The van der Waals surface area contributed by atoms with E-state index in [-0.39, 0.29) is 16.8 Å². The van der Waals surface area contributed by atoms with E-state index in [4.69, 9.17) is 5.11 Å². The van der Waals surface area contributed by atoms with E-state index >= 15 is 0 Å². The largest absolute Gasteiger partial charge is 0.480 e. The lowest BCUT2D eigenvalue weighted by molar-refractivity contribution is -0.138. The van der Waals surface area contributed by atoms with Crippen LogP contribution in [0.4, 0.5) is 0 Å². The number of hydrogen-bond acceptors (Lipinski definition) is 4. The predicted octanol–water partition coefficient (Wildman–Crippen LogP) is 2.62. The molecule has 0 aliphatic carbocycles. The maximum Gasteiger partial charge on any atom is 0.322 e. The van der Waals surface area contributed by atoms with Gasteiger partial charge in [-0.15, -0.1) is 0 Å². The van der Waals surface area contributed by atoms with Gasteiger partial charge in [0.05, 0.1) is 5.92 Å². The van der Waals surface area contributed by atoms with Gasteiger partial charge in [-0.2, -0.15) is 0 Å². The minimum Gasteiger partial charge on any atom is -0.480 e. The molecule has 1 atom stereocenters. The van der Waals surface area contributed by atoms with Gasteiger partial charge in [0, 0.05) is 11.3 Å². The Balaban J connectivity index is 2.01. The van der Waals surface area contributed by atoms with Gasteiger partial charge < -0.3 is 10.4 Å². The average molecular weight is 357 g/mol. The summed E-state index contributed by atoms with van der Waals surface area (Å²) in [5.74, 6) is -1.66. The zero-order chi connectivity index (χ0) is 18.1. The van der Waals surface area contributed by atoms with Crippen molar-refractivity contribution in [1.29, 1.82) is 0 Å². The molecular weight excluding hydrogens is 338 g/mol. The fourth-order valence-electron chi connectivity index (χ4n) is 2.27.